The first-order valence-corrected chi connectivity index (χ1v) is 4.48. The molecule has 0 radical (unpaired) electrons. The smallest absolute Gasteiger partial charge is 0.101 e. The third kappa shape index (κ3) is 2.56. The Labute approximate surface area is 71.4 Å². The Morgan fingerprint density at radius 1 is 1.36 bits per heavy atom. The van der Waals surface area contributed by atoms with E-state index in [0.717, 1.165) is 4.90 Å². The van der Waals surface area contributed by atoms with Gasteiger partial charge in [-0.2, -0.15) is 0 Å². The van der Waals surface area contributed by atoms with E-state index in [0.29, 0.717) is 0 Å². The lowest BCUT2D eigenvalue weighted by Crippen LogP contribution is -1.91. The molecule has 60 valence electrons. The number of aryl methyl sites for hydroxylation is 1. The molecule has 1 aromatic rings. The van der Waals surface area contributed by atoms with Crippen LogP contribution in [0.1, 0.15) is 12.5 Å². The topological polar surface area (TPSA) is 20.2 Å². The van der Waals surface area contributed by atoms with Gasteiger partial charge in [0.05, 0.1) is 0 Å². The second-order valence-electron chi connectivity index (χ2n) is 2.48. The van der Waals surface area contributed by atoms with E-state index in [1.165, 1.54) is 17.3 Å². The fourth-order valence-electron chi connectivity index (χ4n) is 0.872. The van der Waals surface area contributed by atoms with Crippen LogP contribution in [-0.4, -0.2) is 10.5 Å². The molecule has 1 aromatic carbocycles. The summed E-state index contributed by atoms with van der Waals surface area (Å²) >= 11 is 1.48. The molecule has 0 amide bonds. The van der Waals surface area contributed by atoms with Crippen molar-refractivity contribution in [2.24, 2.45) is 0 Å². The van der Waals surface area contributed by atoms with E-state index in [-0.39, 0.29) is 5.44 Å². The van der Waals surface area contributed by atoms with Crippen LogP contribution in [-0.2, 0) is 0 Å². The first-order valence-electron chi connectivity index (χ1n) is 3.60. The van der Waals surface area contributed by atoms with Crippen LogP contribution in [0.5, 0.6) is 0 Å². The van der Waals surface area contributed by atoms with E-state index < -0.39 is 0 Å². The van der Waals surface area contributed by atoms with E-state index in [9.17, 15) is 0 Å². The highest BCUT2D eigenvalue weighted by Gasteiger charge is 2.00. The summed E-state index contributed by atoms with van der Waals surface area (Å²) in [6, 6.07) is 8.05. The highest BCUT2D eigenvalue weighted by atomic mass is 32.2. The van der Waals surface area contributed by atoms with E-state index in [1.807, 2.05) is 31.2 Å². The van der Waals surface area contributed by atoms with Gasteiger partial charge in [-0.15, -0.1) is 0 Å². The van der Waals surface area contributed by atoms with E-state index in [1.54, 1.807) is 6.92 Å². The van der Waals surface area contributed by atoms with Gasteiger partial charge in [0.1, 0.15) is 5.44 Å². The summed E-state index contributed by atoms with van der Waals surface area (Å²) in [6.45, 7) is 3.82. The first-order chi connectivity index (χ1) is 5.20. The minimum atomic E-state index is -0.323. The van der Waals surface area contributed by atoms with Crippen molar-refractivity contribution in [3.63, 3.8) is 0 Å². The van der Waals surface area contributed by atoms with Crippen molar-refractivity contribution < 1.29 is 5.11 Å². The molecule has 0 saturated heterocycles. The maximum absolute atomic E-state index is 9.09. The molecule has 0 aliphatic heterocycles. The minimum Gasteiger partial charge on any atom is -0.382 e. The summed E-state index contributed by atoms with van der Waals surface area (Å²) in [5.74, 6) is 0. The molecular weight excluding hydrogens is 156 g/mol. The number of benzene rings is 1. The summed E-state index contributed by atoms with van der Waals surface area (Å²) < 4.78 is 0. The van der Waals surface area contributed by atoms with Crippen molar-refractivity contribution in [3.05, 3.63) is 29.8 Å². The van der Waals surface area contributed by atoms with Crippen molar-refractivity contribution in [2.75, 3.05) is 0 Å². The van der Waals surface area contributed by atoms with Crippen LogP contribution < -0.4 is 0 Å². The normalized spacial score (nSPS) is 13.0. The zero-order valence-corrected chi connectivity index (χ0v) is 7.56. The van der Waals surface area contributed by atoms with Gasteiger partial charge in [0, 0.05) is 4.90 Å². The molecular formula is C9H12OS. The van der Waals surface area contributed by atoms with Gasteiger partial charge in [-0.25, -0.2) is 0 Å². The van der Waals surface area contributed by atoms with E-state index in [2.05, 4.69) is 0 Å². The molecule has 0 bridgehead atoms. The average Bonchev–Trinajstić information content (AvgIpc) is 1.93. The van der Waals surface area contributed by atoms with E-state index in [4.69, 9.17) is 5.11 Å². The molecule has 11 heavy (non-hydrogen) atoms. The molecule has 1 rings (SSSR count). The molecule has 0 heterocycles. The number of aliphatic hydroxyl groups is 1. The Bertz CT molecular complexity index is 233. The maximum atomic E-state index is 9.09. The molecule has 0 fully saturated rings. The van der Waals surface area contributed by atoms with Crippen LogP contribution in [0.4, 0.5) is 0 Å². The van der Waals surface area contributed by atoms with Crippen molar-refractivity contribution in [3.8, 4) is 0 Å². The first kappa shape index (κ1) is 8.62. The molecule has 1 N–H and O–H groups in total. The predicted molar refractivity (Wildman–Crippen MR) is 48.7 cm³/mol. The fourth-order valence-corrected chi connectivity index (χ4v) is 1.65. The number of rotatable bonds is 2. The molecule has 0 spiro atoms. The van der Waals surface area contributed by atoms with Crippen molar-refractivity contribution >= 4 is 11.8 Å². The van der Waals surface area contributed by atoms with Crippen LogP contribution in [0.2, 0.25) is 0 Å². The second-order valence-corrected chi connectivity index (χ2v) is 3.84. The monoisotopic (exact) mass is 168 g/mol. The molecule has 0 aliphatic rings. The largest absolute Gasteiger partial charge is 0.382 e. The summed E-state index contributed by atoms with van der Waals surface area (Å²) in [6.07, 6.45) is 0. The number of thioether (sulfide) groups is 1. The van der Waals surface area contributed by atoms with E-state index >= 15 is 0 Å². The summed E-state index contributed by atoms with van der Waals surface area (Å²) in [7, 11) is 0. The molecule has 1 atom stereocenters. The Kier molecular flexibility index (Phi) is 2.97. The van der Waals surface area contributed by atoms with Gasteiger partial charge in [0.2, 0.25) is 0 Å². The van der Waals surface area contributed by atoms with Crippen molar-refractivity contribution in [2.45, 2.75) is 24.2 Å². The Morgan fingerprint density at radius 2 is 2.00 bits per heavy atom. The van der Waals surface area contributed by atoms with Gasteiger partial charge in [-0.1, -0.05) is 30.0 Å². The van der Waals surface area contributed by atoms with Crippen LogP contribution in [0.3, 0.4) is 0 Å². The summed E-state index contributed by atoms with van der Waals surface area (Å²) in [5.41, 5.74) is 0.898. The molecule has 1 nitrogen and oxygen atoms in total. The predicted octanol–water partition coefficient (Wildman–Crippen LogP) is 2.43. The standard InChI is InChI=1S/C9H12OS/c1-7-5-3-4-6-9(7)11-8(2)10/h3-6,8,10H,1-2H3. The van der Waals surface area contributed by atoms with Gasteiger partial charge in [-0.05, 0) is 25.5 Å². The number of hydrogen-bond acceptors (Lipinski definition) is 2. The third-order valence-corrected chi connectivity index (χ3v) is 2.44. The van der Waals surface area contributed by atoms with Gasteiger partial charge in [-0.3, -0.25) is 0 Å². The van der Waals surface area contributed by atoms with Gasteiger partial charge in [0.15, 0.2) is 0 Å². The molecule has 0 aromatic heterocycles. The Balaban J connectivity index is 2.78. The maximum Gasteiger partial charge on any atom is 0.101 e. The minimum absolute atomic E-state index is 0.323. The van der Waals surface area contributed by atoms with Gasteiger partial charge < -0.3 is 5.11 Å². The SMILES string of the molecule is Cc1ccccc1SC(C)O. The fraction of sp³-hybridized carbons (Fsp3) is 0.333. The molecule has 0 aliphatic carbocycles. The lowest BCUT2D eigenvalue weighted by Gasteiger charge is -2.05. The quantitative estimate of drug-likeness (QED) is 0.540. The average molecular weight is 168 g/mol. The summed E-state index contributed by atoms with van der Waals surface area (Å²) in [5, 5.41) is 9.09. The van der Waals surface area contributed by atoms with Crippen molar-refractivity contribution in [1.29, 1.82) is 0 Å². The third-order valence-electron chi connectivity index (χ3n) is 1.39. The lowest BCUT2D eigenvalue weighted by atomic mass is 10.2. The van der Waals surface area contributed by atoms with Crippen LogP contribution in [0.15, 0.2) is 29.2 Å². The van der Waals surface area contributed by atoms with Crippen molar-refractivity contribution in [1.82, 2.24) is 0 Å². The molecule has 0 saturated carbocycles. The highest BCUT2D eigenvalue weighted by molar-refractivity contribution is 7.99. The molecule has 2 heteroatoms. The zero-order chi connectivity index (χ0) is 8.27. The van der Waals surface area contributed by atoms with Crippen LogP contribution >= 0.6 is 11.8 Å². The van der Waals surface area contributed by atoms with Crippen LogP contribution in [0.25, 0.3) is 0 Å². The Morgan fingerprint density at radius 3 is 2.55 bits per heavy atom. The second kappa shape index (κ2) is 3.79. The number of aliphatic hydroxyl groups excluding tert-OH is 1. The van der Waals surface area contributed by atoms with Gasteiger partial charge in [0.25, 0.3) is 0 Å². The number of hydrogen-bond donors (Lipinski definition) is 1. The highest BCUT2D eigenvalue weighted by Crippen LogP contribution is 2.24. The summed E-state index contributed by atoms with van der Waals surface area (Å²) in [4.78, 5) is 1.16. The van der Waals surface area contributed by atoms with Gasteiger partial charge >= 0.3 is 0 Å². The van der Waals surface area contributed by atoms with Crippen LogP contribution in [0, 0.1) is 6.92 Å². The molecule has 1 unspecified atom stereocenters. The lowest BCUT2D eigenvalue weighted by molar-refractivity contribution is 0.284. The Hall–Kier alpha value is -0.470. The zero-order valence-electron chi connectivity index (χ0n) is 6.74.